The van der Waals surface area contributed by atoms with Crippen molar-refractivity contribution in [3.63, 3.8) is 0 Å². The van der Waals surface area contributed by atoms with Crippen LogP contribution in [-0.4, -0.2) is 24.3 Å². The van der Waals surface area contributed by atoms with E-state index in [4.69, 9.17) is 4.74 Å². The van der Waals surface area contributed by atoms with Crippen LogP contribution in [0.5, 0.6) is 0 Å². The average molecular weight is 431 g/mol. The fraction of sp³-hybridized carbons (Fsp3) is 0.577. The summed E-state index contributed by atoms with van der Waals surface area (Å²) in [6.45, 7) is 14.8. The van der Waals surface area contributed by atoms with Crippen molar-refractivity contribution in [1.82, 2.24) is 0 Å². The van der Waals surface area contributed by atoms with Crippen molar-refractivity contribution in [3.8, 4) is 0 Å². The normalized spacial score (nSPS) is 13.4. The molecule has 166 valence electrons. The number of methoxy groups -OCH3 is 1. The van der Waals surface area contributed by atoms with Crippen LogP contribution in [0.4, 0.5) is 0 Å². The monoisotopic (exact) mass is 430 g/mol. The van der Waals surface area contributed by atoms with Gasteiger partial charge in [0.25, 0.3) is 0 Å². The summed E-state index contributed by atoms with van der Waals surface area (Å²) in [5.41, 5.74) is 4.63. The van der Waals surface area contributed by atoms with Crippen molar-refractivity contribution in [1.29, 1.82) is 0 Å². The molecule has 0 radical (unpaired) electrons. The second-order valence-corrected chi connectivity index (χ2v) is 10.5. The van der Waals surface area contributed by atoms with E-state index in [1.807, 2.05) is 6.92 Å². The summed E-state index contributed by atoms with van der Waals surface area (Å²) in [6, 6.07) is 8.93. The topological polar surface area (TPSA) is 46.5 Å². The third-order valence-electron chi connectivity index (χ3n) is 6.55. The maximum absolute atomic E-state index is 12.2. The quantitative estimate of drug-likeness (QED) is 0.480. The van der Waals surface area contributed by atoms with Crippen molar-refractivity contribution in [2.45, 2.75) is 85.7 Å². The molecule has 0 spiro atoms. The Morgan fingerprint density at radius 1 is 1.10 bits per heavy atom. The first-order valence-corrected chi connectivity index (χ1v) is 11.8. The maximum atomic E-state index is 12.2. The molecule has 0 aliphatic carbocycles. The van der Waals surface area contributed by atoms with E-state index in [9.17, 15) is 9.90 Å². The lowest BCUT2D eigenvalue weighted by Gasteiger charge is -2.32. The molecular weight excluding hydrogens is 392 g/mol. The van der Waals surface area contributed by atoms with Gasteiger partial charge in [0.2, 0.25) is 0 Å². The van der Waals surface area contributed by atoms with Gasteiger partial charge in [-0.2, -0.15) is 0 Å². The third kappa shape index (κ3) is 4.97. The van der Waals surface area contributed by atoms with Crippen LogP contribution < -0.4 is 0 Å². The summed E-state index contributed by atoms with van der Waals surface area (Å²) >= 11 is 1.56. The second kappa shape index (κ2) is 9.65. The van der Waals surface area contributed by atoms with Gasteiger partial charge in [-0.25, -0.2) is 4.79 Å². The first-order valence-electron chi connectivity index (χ1n) is 11.0. The molecule has 1 aromatic carbocycles. The first-order chi connectivity index (χ1) is 14.0. The number of aliphatic hydroxyl groups is 1. The molecule has 0 saturated carbocycles. The maximum Gasteiger partial charge on any atom is 0.348 e. The lowest BCUT2D eigenvalue weighted by molar-refractivity contribution is 0.0559. The summed E-state index contributed by atoms with van der Waals surface area (Å²) in [4.78, 5) is 14.1. The van der Waals surface area contributed by atoms with E-state index < -0.39 is 0 Å². The highest BCUT2D eigenvalue weighted by atomic mass is 32.1. The molecule has 2 aromatic rings. The molecule has 1 N–H and O–H groups in total. The number of aryl methyl sites for hydroxylation is 3. The predicted octanol–water partition coefficient (Wildman–Crippen LogP) is 6.60. The van der Waals surface area contributed by atoms with E-state index in [1.165, 1.54) is 28.7 Å². The highest BCUT2D eigenvalue weighted by Crippen LogP contribution is 2.44. The van der Waals surface area contributed by atoms with Gasteiger partial charge in [-0.05, 0) is 73.3 Å². The molecule has 1 atom stereocenters. The van der Waals surface area contributed by atoms with E-state index in [2.05, 4.69) is 65.8 Å². The van der Waals surface area contributed by atoms with E-state index >= 15 is 0 Å². The Hall–Kier alpha value is -1.65. The lowest BCUT2D eigenvalue weighted by atomic mass is 9.73. The minimum atomic E-state index is -0.312. The van der Waals surface area contributed by atoms with Crippen LogP contribution in [0.3, 0.4) is 0 Å². The summed E-state index contributed by atoms with van der Waals surface area (Å²) in [7, 11) is 1.44. The van der Waals surface area contributed by atoms with Gasteiger partial charge >= 0.3 is 5.97 Å². The van der Waals surface area contributed by atoms with Crippen molar-refractivity contribution >= 4 is 17.3 Å². The minimum Gasteiger partial charge on any atom is -0.465 e. The molecule has 1 aromatic heterocycles. The highest BCUT2D eigenvalue weighted by molar-refractivity contribution is 7.14. The Morgan fingerprint density at radius 3 is 2.23 bits per heavy atom. The molecule has 0 amide bonds. The van der Waals surface area contributed by atoms with Gasteiger partial charge in [0, 0.05) is 10.3 Å². The summed E-state index contributed by atoms with van der Waals surface area (Å²) < 4.78 is 4.97. The highest BCUT2D eigenvalue weighted by Gasteiger charge is 2.34. The zero-order chi connectivity index (χ0) is 22.7. The predicted molar refractivity (Wildman–Crippen MR) is 127 cm³/mol. The van der Waals surface area contributed by atoms with Crippen LogP contribution in [0.2, 0.25) is 0 Å². The van der Waals surface area contributed by atoms with Gasteiger partial charge in [0.05, 0.1) is 13.2 Å². The van der Waals surface area contributed by atoms with Gasteiger partial charge in [-0.15, -0.1) is 11.3 Å². The lowest BCUT2D eigenvalue weighted by Crippen LogP contribution is -2.26. The molecule has 4 heteroatoms. The summed E-state index contributed by atoms with van der Waals surface area (Å²) in [5.74, 6) is -0.256. The zero-order valence-corrected chi connectivity index (χ0v) is 20.7. The Kier molecular flexibility index (Phi) is 7.92. The molecule has 30 heavy (non-hydrogen) atoms. The Bertz CT molecular complexity index is 869. The largest absolute Gasteiger partial charge is 0.465 e. The molecule has 3 nitrogen and oxygen atoms in total. The van der Waals surface area contributed by atoms with Crippen LogP contribution in [0.1, 0.15) is 90.7 Å². The minimum absolute atomic E-state index is 0.0954. The van der Waals surface area contributed by atoms with Gasteiger partial charge in [-0.3, -0.25) is 0 Å². The molecule has 0 aliphatic heterocycles. The number of carbonyl (C=O) groups is 1. The van der Waals surface area contributed by atoms with Crippen molar-refractivity contribution in [3.05, 3.63) is 56.3 Å². The van der Waals surface area contributed by atoms with Crippen LogP contribution in [0.15, 0.2) is 24.3 Å². The number of hydrogen-bond acceptors (Lipinski definition) is 4. The van der Waals surface area contributed by atoms with Crippen molar-refractivity contribution in [2.75, 3.05) is 7.11 Å². The average Bonchev–Trinajstić information content (AvgIpc) is 3.09. The molecule has 1 heterocycles. The van der Waals surface area contributed by atoms with Gasteiger partial charge in [0.1, 0.15) is 4.88 Å². The number of esters is 1. The molecule has 2 rings (SSSR count). The Balaban J connectivity index is 2.39. The van der Waals surface area contributed by atoms with E-state index in [0.29, 0.717) is 4.88 Å². The van der Waals surface area contributed by atoms with E-state index in [0.717, 1.165) is 31.2 Å². The number of hydrogen-bond donors (Lipinski definition) is 1. The first kappa shape index (κ1) is 24.6. The van der Waals surface area contributed by atoms with Gasteiger partial charge in [0.15, 0.2) is 0 Å². The van der Waals surface area contributed by atoms with E-state index in [-0.39, 0.29) is 22.9 Å². The number of rotatable bonds is 8. The SMILES string of the molecule is CCC(CC)(c1ccc(CCC(O)C(C)(C)C)c(C)c1)c1cc(C)c(C(=O)OC)s1. The smallest absolute Gasteiger partial charge is 0.348 e. The molecular formula is C26H38O3S. The van der Waals surface area contributed by atoms with Crippen LogP contribution >= 0.6 is 11.3 Å². The summed E-state index contributed by atoms with van der Waals surface area (Å²) in [6.07, 6.45) is 3.26. The van der Waals surface area contributed by atoms with Crippen molar-refractivity contribution in [2.24, 2.45) is 5.41 Å². The molecule has 1 unspecified atom stereocenters. The molecule has 0 saturated heterocycles. The summed E-state index contributed by atoms with van der Waals surface area (Å²) in [5, 5.41) is 10.4. The van der Waals surface area contributed by atoms with Gasteiger partial charge < -0.3 is 9.84 Å². The number of thiophene rings is 1. The van der Waals surface area contributed by atoms with Crippen LogP contribution in [0, 0.1) is 19.3 Å². The number of carbonyl (C=O) groups excluding carboxylic acids is 1. The Labute approximate surface area is 186 Å². The standard InChI is InChI=1S/C26H38O3S/c1-9-26(10-2,22-16-18(4)23(30-22)24(28)29-8)20-13-11-19(17(3)15-20)12-14-21(27)25(5,6)7/h11,13,15-16,21,27H,9-10,12,14H2,1-8H3. The Morgan fingerprint density at radius 2 is 1.73 bits per heavy atom. The molecule has 0 fully saturated rings. The fourth-order valence-corrected chi connectivity index (χ4v) is 5.61. The van der Waals surface area contributed by atoms with Crippen LogP contribution in [0.25, 0.3) is 0 Å². The third-order valence-corrected chi connectivity index (χ3v) is 7.97. The number of benzene rings is 1. The number of ether oxygens (including phenoxy) is 1. The van der Waals surface area contributed by atoms with E-state index in [1.54, 1.807) is 11.3 Å². The fourth-order valence-electron chi connectivity index (χ4n) is 4.16. The molecule has 0 bridgehead atoms. The zero-order valence-electron chi connectivity index (χ0n) is 19.9. The van der Waals surface area contributed by atoms with Crippen LogP contribution in [-0.2, 0) is 16.6 Å². The second-order valence-electron chi connectivity index (χ2n) is 9.47. The van der Waals surface area contributed by atoms with Crippen molar-refractivity contribution < 1.29 is 14.6 Å². The van der Waals surface area contributed by atoms with Gasteiger partial charge in [-0.1, -0.05) is 52.8 Å². The number of aliphatic hydroxyl groups excluding tert-OH is 1. The molecule has 0 aliphatic rings.